The standard InChI is InChI=1S/C19H15NO3S/c1-23-16-10-6-14(7-11-16)15-8-12-17(13-9-15)24-19-5-3-2-4-18(19)20(21)22/h2-13H,1H3. The van der Waals surface area contributed by atoms with Gasteiger partial charge in [-0.05, 0) is 41.5 Å². The Bertz CT molecular complexity index is 845. The van der Waals surface area contributed by atoms with Crippen molar-refractivity contribution in [1.82, 2.24) is 0 Å². The molecule has 0 aromatic heterocycles. The smallest absolute Gasteiger partial charge is 0.283 e. The average molecular weight is 337 g/mol. The van der Waals surface area contributed by atoms with E-state index in [9.17, 15) is 10.1 Å². The van der Waals surface area contributed by atoms with Gasteiger partial charge in [-0.3, -0.25) is 10.1 Å². The first-order valence-electron chi connectivity index (χ1n) is 7.33. The van der Waals surface area contributed by atoms with Crippen LogP contribution in [0.15, 0.2) is 82.6 Å². The van der Waals surface area contributed by atoms with Crippen molar-refractivity contribution in [1.29, 1.82) is 0 Å². The fourth-order valence-electron chi connectivity index (χ4n) is 2.32. The van der Waals surface area contributed by atoms with Crippen LogP contribution in [-0.2, 0) is 0 Å². The lowest BCUT2D eigenvalue weighted by atomic mass is 10.1. The molecule has 0 amide bonds. The first-order valence-corrected chi connectivity index (χ1v) is 8.15. The van der Waals surface area contributed by atoms with Crippen molar-refractivity contribution in [2.45, 2.75) is 9.79 Å². The van der Waals surface area contributed by atoms with Crippen LogP contribution in [0.4, 0.5) is 5.69 Å². The molecule has 4 nitrogen and oxygen atoms in total. The Morgan fingerprint density at radius 1 is 0.875 bits per heavy atom. The molecule has 3 rings (SSSR count). The summed E-state index contributed by atoms with van der Waals surface area (Å²) < 4.78 is 5.16. The molecule has 0 radical (unpaired) electrons. The van der Waals surface area contributed by atoms with Gasteiger partial charge in [0.1, 0.15) is 5.75 Å². The Morgan fingerprint density at radius 2 is 1.46 bits per heavy atom. The van der Waals surface area contributed by atoms with E-state index < -0.39 is 0 Å². The van der Waals surface area contributed by atoms with Crippen molar-refractivity contribution in [3.8, 4) is 16.9 Å². The van der Waals surface area contributed by atoms with Crippen molar-refractivity contribution in [2.75, 3.05) is 7.11 Å². The number of benzene rings is 3. The molecule has 0 fully saturated rings. The molecule has 0 N–H and O–H groups in total. The highest BCUT2D eigenvalue weighted by Crippen LogP contribution is 2.35. The summed E-state index contributed by atoms with van der Waals surface area (Å²) in [6.45, 7) is 0. The van der Waals surface area contributed by atoms with Crippen LogP contribution in [0.25, 0.3) is 11.1 Å². The summed E-state index contributed by atoms with van der Waals surface area (Å²) in [4.78, 5) is 12.3. The molecule has 3 aromatic rings. The highest BCUT2D eigenvalue weighted by atomic mass is 32.2. The molecule has 0 saturated carbocycles. The molecular weight excluding hydrogens is 322 g/mol. The number of hydrogen-bond donors (Lipinski definition) is 0. The maximum Gasteiger partial charge on any atom is 0.283 e. The fourth-order valence-corrected chi connectivity index (χ4v) is 3.24. The van der Waals surface area contributed by atoms with Gasteiger partial charge in [0.2, 0.25) is 0 Å². The van der Waals surface area contributed by atoms with Crippen LogP contribution in [0, 0.1) is 10.1 Å². The summed E-state index contributed by atoms with van der Waals surface area (Å²) >= 11 is 1.39. The zero-order chi connectivity index (χ0) is 16.9. The van der Waals surface area contributed by atoms with E-state index in [1.54, 1.807) is 25.3 Å². The number of methoxy groups -OCH3 is 1. The molecule has 3 aromatic carbocycles. The molecule has 0 aliphatic rings. The molecule has 24 heavy (non-hydrogen) atoms. The van der Waals surface area contributed by atoms with Gasteiger partial charge in [0.15, 0.2) is 0 Å². The van der Waals surface area contributed by atoms with Gasteiger partial charge in [-0.15, -0.1) is 0 Å². The summed E-state index contributed by atoms with van der Waals surface area (Å²) in [5.74, 6) is 0.822. The van der Waals surface area contributed by atoms with Gasteiger partial charge < -0.3 is 4.74 Å². The molecule has 0 aliphatic heterocycles. The lowest BCUT2D eigenvalue weighted by Gasteiger charge is -2.06. The van der Waals surface area contributed by atoms with E-state index in [4.69, 9.17) is 4.74 Å². The Morgan fingerprint density at radius 3 is 2.04 bits per heavy atom. The second kappa shape index (κ2) is 7.19. The van der Waals surface area contributed by atoms with Gasteiger partial charge in [-0.2, -0.15) is 0 Å². The molecule has 0 unspecified atom stereocenters. The van der Waals surface area contributed by atoms with Crippen LogP contribution in [0.2, 0.25) is 0 Å². The van der Waals surface area contributed by atoms with E-state index in [2.05, 4.69) is 0 Å². The fraction of sp³-hybridized carbons (Fsp3) is 0.0526. The SMILES string of the molecule is COc1ccc(-c2ccc(Sc3ccccc3[N+](=O)[O-])cc2)cc1. The minimum Gasteiger partial charge on any atom is -0.497 e. The Labute approximate surface area is 144 Å². The molecular formula is C19H15NO3S. The number of hydrogen-bond acceptors (Lipinski definition) is 4. The third-order valence-electron chi connectivity index (χ3n) is 3.57. The topological polar surface area (TPSA) is 52.4 Å². The molecule has 0 atom stereocenters. The Balaban J connectivity index is 1.81. The first-order chi connectivity index (χ1) is 11.7. The van der Waals surface area contributed by atoms with Crippen molar-refractivity contribution < 1.29 is 9.66 Å². The van der Waals surface area contributed by atoms with E-state index in [-0.39, 0.29) is 10.6 Å². The summed E-state index contributed by atoms with van der Waals surface area (Å²) in [5, 5.41) is 11.1. The molecule has 0 bridgehead atoms. The van der Waals surface area contributed by atoms with E-state index in [1.807, 2.05) is 48.5 Å². The Hall–Kier alpha value is -2.79. The predicted octanol–water partition coefficient (Wildman–Crippen LogP) is 5.42. The number of nitrogens with zero attached hydrogens (tertiary/aromatic N) is 1. The van der Waals surface area contributed by atoms with Crippen molar-refractivity contribution in [2.24, 2.45) is 0 Å². The van der Waals surface area contributed by atoms with Gasteiger partial charge in [0.05, 0.1) is 16.9 Å². The molecule has 5 heteroatoms. The van der Waals surface area contributed by atoms with Gasteiger partial charge in [-0.25, -0.2) is 0 Å². The van der Waals surface area contributed by atoms with Crippen molar-refractivity contribution in [3.63, 3.8) is 0 Å². The quantitative estimate of drug-likeness (QED) is 0.461. The average Bonchev–Trinajstić information content (AvgIpc) is 2.63. The second-order valence-electron chi connectivity index (χ2n) is 5.08. The zero-order valence-corrected chi connectivity index (χ0v) is 13.8. The second-order valence-corrected chi connectivity index (χ2v) is 6.20. The van der Waals surface area contributed by atoms with Crippen LogP contribution < -0.4 is 4.74 Å². The largest absolute Gasteiger partial charge is 0.497 e. The van der Waals surface area contributed by atoms with Gasteiger partial charge in [0, 0.05) is 11.0 Å². The van der Waals surface area contributed by atoms with E-state index in [0.29, 0.717) is 4.90 Å². The van der Waals surface area contributed by atoms with Crippen LogP contribution in [0.1, 0.15) is 0 Å². The molecule has 120 valence electrons. The summed E-state index contributed by atoms with van der Waals surface area (Å²) in [6.07, 6.45) is 0. The van der Waals surface area contributed by atoms with E-state index in [0.717, 1.165) is 21.8 Å². The highest BCUT2D eigenvalue weighted by Gasteiger charge is 2.13. The summed E-state index contributed by atoms with van der Waals surface area (Å²) in [6, 6.07) is 22.6. The van der Waals surface area contributed by atoms with E-state index in [1.165, 1.54) is 17.8 Å². The predicted molar refractivity (Wildman–Crippen MR) is 95.6 cm³/mol. The number of rotatable bonds is 5. The van der Waals surface area contributed by atoms with Crippen molar-refractivity contribution in [3.05, 3.63) is 82.9 Å². The normalized spacial score (nSPS) is 10.4. The zero-order valence-electron chi connectivity index (χ0n) is 13.0. The summed E-state index contributed by atoms with van der Waals surface area (Å²) in [7, 11) is 1.64. The first kappa shape index (κ1) is 16.1. The number of ether oxygens (including phenoxy) is 1. The maximum absolute atomic E-state index is 11.1. The van der Waals surface area contributed by atoms with Gasteiger partial charge in [-0.1, -0.05) is 48.2 Å². The third-order valence-corrected chi connectivity index (χ3v) is 4.64. The molecule has 0 saturated heterocycles. The van der Waals surface area contributed by atoms with Crippen LogP contribution in [-0.4, -0.2) is 12.0 Å². The highest BCUT2D eigenvalue weighted by molar-refractivity contribution is 7.99. The molecule has 0 aliphatic carbocycles. The lowest BCUT2D eigenvalue weighted by Crippen LogP contribution is -1.89. The molecule has 0 spiro atoms. The van der Waals surface area contributed by atoms with Crippen molar-refractivity contribution >= 4 is 17.4 Å². The number of nitro groups is 1. The van der Waals surface area contributed by atoms with E-state index >= 15 is 0 Å². The van der Waals surface area contributed by atoms with Crippen LogP contribution in [0.5, 0.6) is 5.75 Å². The maximum atomic E-state index is 11.1. The Kier molecular flexibility index (Phi) is 4.82. The van der Waals surface area contributed by atoms with Crippen LogP contribution >= 0.6 is 11.8 Å². The lowest BCUT2D eigenvalue weighted by molar-refractivity contribution is -0.387. The number of para-hydroxylation sites is 1. The third kappa shape index (κ3) is 3.58. The molecule has 0 heterocycles. The number of nitro benzene ring substituents is 1. The minimum atomic E-state index is -0.353. The van der Waals surface area contributed by atoms with Gasteiger partial charge in [0.25, 0.3) is 5.69 Å². The minimum absolute atomic E-state index is 0.127. The monoisotopic (exact) mass is 337 g/mol. The van der Waals surface area contributed by atoms with Crippen LogP contribution in [0.3, 0.4) is 0 Å². The summed E-state index contributed by atoms with van der Waals surface area (Å²) in [5.41, 5.74) is 2.31. The van der Waals surface area contributed by atoms with Gasteiger partial charge >= 0.3 is 0 Å².